The van der Waals surface area contributed by atoms with Gasteiger partial charge in [0.15, 0.2) is 0 Å². The molecule has 0 bridgehead atoms. The summed E-state index contributed by atoms with van der Waals surface area (Å²) in [4.78, 5) is 12.1. The van der Waals surface area contributed by atoms with E-state index in [1.54, 1.807) is 18.2 Å². The fourth-order valence-electron chi connectivity index (χ4n) is 1.66. The second kappa shape index (κ2) is 5.72. The summed E-state index contributed by atoms with van der Waals surface area (Å²) < 4.78 is 13.1. The van der Waals surface area contributed by atoms with Gasteiger partial charge in [0.25, 0.3) is 5.91 Å². The molecular weight excluding hydrogens is 279 g/mol. The number of anilines is 1. The van der Waals surface area contributed by atoms with Crippen molar-refractivity contribution in [2.45, 2.75) is 6.92 Å². The molecule has 1 amide bonds. The Balaban J connectivity index is 2.28. The second-order valence-electron chi connectivity index (χ2n) is 4.22. The van der Waals surface area contributed by atoms with E-state index >= 15 is 0 Å². The Kier molecular flexibility index (Phi) is 4.02. The summed E-state index contributed by atoms with van der Waals surface area (Å²) in [5, 5.41) is 11.4. The topological polar surface area (TPSA) is 52.9 Å². The van der Waals surface area contributed by atoms with E-state index in [0.717, 1.165) is 11.6 Å². The molecule has 5 heteroatoms. The van der Waals surface area contributed by atoms with E-state index in [4.69, 9.17) is 16.9 Å². The highest BCUT2D eigenvalue weighted by Crippen LogP contribution is 2.20. The smallest absolute Gasteiger partial charge is 0.255 e. The molecule has 0 saturated heterocycles. The number of hydrogen-bond donors (Lipinski definition) is 1. The van der Waals surface area contributed by atoms with E-state index in [-0.39, 0.29) is 10.6 Å². The molecule has 0 aromatic heterocycles. The van der Waals surface area contributed by atoms with Crippen LogP contribution in [0.15, 0.2) is 36.4 Å². The zero-order valence-corrected chi connectivity index (χ0v) is 11.3. The van der Waals surface area contributed by atoms with Crippen LogP contribution in [0, 0.1) is 24.1 Å². The van der Waals surface area contributed by atoms with Gasteiger partial charge in [0.2, 0.25) is 0 Å². The van der Waals surface area contributed by atoms with E-state index in [2.05, 4.69) is 5.32 Å². The monoisotopic (exact) mass is 288 g/mol. The normalized spacial score (nSPS) is 9.90. The molecule has 100 valence electrons. The van der Waals surface area contributed by atoms with Crippen molar-refractivity contribution in [3.8, 4) is 6.07 Å². The minimum Gasteiger partial charge on any atom is -0.322 e. The number of carbonyl (C=O) groups excluding carboxylic acids is 1. The number of nitrogens with zero attached hydrogens (tertiary/aromatic N) is 1. The Morgan fingerprint density at radius 2 is 2.05 bits per heavy atom. The molecule has 2 aromatic carbocycles. The largest absolute Gasteiger partial charge is 0.322 e. The van der Waals surface area contributed by atoms with Crippen LogP contribution in [0.25, 0.3) is 0 Å². The maximum Gasteiger partial charge on any atom is 0.255 e. The number of hydrogen-bond acceptors (Lipinski definition) is 2. The van der Waals surface area contributed by atoms with Gasteiger partial charge < -0.3 is 5.32 Å². The molecule has 0 aliphatic rings. The van der Waals surface area contributed by atoms with Crippen molar-refractivity contribution in [2.24, 2.45) is 0 Å². The number of aryl methyl sites for hydroxylation is 1. The number of rotatable bonds is 2. The quantitative estimate of drug-likeness (QED) is 0.911. The van der Waals surface area contributed by atoms with Crippen LogP contribution in [0.1, 0.15) is 21.5 Å². The molecule has 0 aliphatic carbocycles. The molecule has 0 saturated carbocycles. The van der Waals surface area contributed by atoms with Crippen LogP contribution in [-0.2, 0) is 0 Å². The maximum atomic E-state index is 13.1. The molecule has 0 unspecified atom stereocenters. The number of carbonyl (C=O) groups is 1. The molecule has 0 aliphatic heterocycles. The molecule has 0 atom stereocenters. The van der Waals surface area contributed by atoms with Gasteiger partial charge in [0, 0.05) is 11.3 Å². The van der Waals surface area contributed by atoms with Gasteiger partial charge in [0.05, 0.1) is 16.7 Å². The first kappa shape index (κ1) is 14.0. The van der Waals surface area contributed by atoms with Crippen LogP contribution in [0.3, 0.4) is 0 Å². The summed E-state index contributed by atoms with van der Waals surface area (Å²) in [5.74, 6) is -0.990. The van der Waals surface area contributed by atoms with Crippen molar-refractivity contribution >= 4 is 23.2 Å². The van der Waals surface area contributed by atoms with E-state index in [1.165, 1.54) is 12.1 Å². The fraction of sp³-hybridized carbons (Fsp3) is 0.0667. The summed E-state index contributed by atoms with van der Waals surface area (Å²) in [7, 11) is 0. The molecule has 0 radical (unpaired) electrons. The average Bonchev–Trinajstić information content (AvgIpc) is 2.44. The number of halogens is 2. The Morgan fingerprint density at radius 3 is 2.70 bits per heavy atom. The van der Waals surface area contributed by atoms with E-state index in [0.29, 0.717) is 11.3 Å². The van der Waals surface area contributed by atoms with Gasteiger partial charge in [-0.2, -0.15) is 5.26 Å². The molecule has 2 rings (SSSR count). The predicted octanol–water partition coefficient (Wildman–Crippen LogP) is 3.91. The Bertz CT molecular complexity index is 722. The van der Waals surface area contributed by atoms with Crippen LogP contribution in [-0.4, -0.2) is 5.91 Å². The lowest BCUT2D eigenvalue weighted by atomic mass is 10.1. The van der Waals surface area contributed by atoms with Gasteiger partial charge in [-0.3, -0.25) is 4.79 Å². The predicted molar refractivity (Wildman–Crippen MR) is 75.3 cm³/mol. The minimum absolute atomic E-state index is 0.111. The zero-order valence-electron chi connectivity index (χ0n) is 10.6. The average molecular weight is 289 g/mol. The lowest BCUT2D eigenvalue weighted by Crippen LogP contribution is -2.13. The summed E-state index contributed by atoms with van der Waals surface area (Å²) in [6.07, 6.45) is 0. The Labute approximate surface area is 120 Å². The molecule has 2 aromatic rings. The van der Waals surface area contributed by atoms with Crippen molar-refractivity contribution in [1.29, 1.82) is 5.26 Å². The third-order valence-electron chi connectivity index (χ3n) is 2.80. The third-order valence-corrected chi connectivity index (χ3v) is 3.09. The van der Waals surface area contributed by atoms with Crippen molar-refractivity contribution in [3.63, 3.8) is 0 Å². The molecular formula is C15H10ClFN2O. The van der Waals surface area contributed by atoms with E-state index < -0.39 is 11.7 Å². The molecule has 1 N–H and O–H groups in total. The summed E-state index contributed by atoms with van der Waals surface area (Å²) in [6.45, 7) is 1.81. The van der Waals surface area contributed by atoms with Gasteiger partial charge in [-0.15, -0.1) is 0 Å². The first-order valence-corrected chi connectivity index (χ1v) is 6.16. The van der Waals surface area contributed by atoms with E-state index in [9.17, 15) is 9.18 Å². The Hall–Kier alpha value is -2.38. The van der Waals surface area contributed by atoms with Gasteiger partial charge in [-0.1, -0.05) is 17.7 Å². The highest BCUT2D eigenvalue weighted by atomic mass is 35.5. The SMILES string of the molecule is Cc1ccc(C#N)cc1NC(=O)c1ccc(F)c(Cl)c1. The van der Waals surface area contributed by atoms with Crippen LogP contribution in [0.5, 0.6) is 0 Å². The zero-order chi connectivity index (χ0) is 14.7. The standard InChI is InChI=1S/C15H10ClFN2O/c1-9-2-3-10(8-18)6-14(9)19-15(20)11-4-5-13(17)12(16)7-11/h2-7H,1H3,(H,19,20). The highest BCUT2D eigenvalue weighted by Gasteiger charge is 2.10. The van der Waals surface area contributed by atoms with Crippen LogP contribution < -0.4 is 5.32 Å². The minimum atomic E-state index is -0.578. The second-order valence-corrected chi connectivity index (χ2v) is 4.63. The molecule has 3 nitrogen and oxygen atoms in total. The number of benzene rings is 2. The van der Waals surface area contributed by atoms with Crippen molar-refractivity contribution in [3.05, 3.63) is 63.9 Å². The third kappa shape index (κ3) is 2.95. The summed E-state index contributed by atoms with van der Waals surface area (Å²) >= 11 is 5.64. The number of amides is 1. The molecule has 0 heterocycles. The Morgan fingerprint density at radius 1 is 1.30 bits per heavy atom. The van der Waals surface area contributed by atoms with Crippen molar-refractivity contribution in [1.82, 2.24) is 0 Å². The van der Waals surface area contributed by atoms with Gasteiger partial charge in [0.1, 0.15) is 5.82 Å². The molecule has 0 spiro atoms. The lowest BCUT2D eigenvalue weighted by molar-refractivity contribution is 0.102. The molecule has 20 heavy (non-hydrogen) atoms. The van der Waals surface area contributed by atoms with Crippen molar-refractivity contribution in [2.75, 3.05) is 5.32 Å². The fourth-order valence-corrected chi connectivity index (χ4v) is 1.84. The van der Waals surface area contributed by atoms with Gasteiger partial charge in [-0.25, -0.2) is 4.39 Å². The van der Waals surface area contributed by atoms with Crippen LogP contribution in [0.4, 0.5) is 10.1 Å². The number of nitrogens with one attached hydrogen (secondary N) is 1. The van der Waals surface area contributed by atoms with Crippen LogP contribution >= 0.6 is 11.6 Å². The first-order valence-electron chi connectivity index (χ1n) is 5.78. The van der Waals surface area contributed by atoms with E-state index in [1.807, 2.05) is 13.0 Å². The van der Waals surface area contributed by atoms with Gasteiger partial charge in [-0.05, 0) is 42.8 Å². The van der Waals surface area contributed by atoms with Crippen molar-refractivity contribution < 1.29 is 9.18 Å². The number of nitriles is 1. The maximum absolute atomic E-state index is 13.1. The van der Waals surface area contributed by atoms with Crippen LogP contribution in [0.2, 0.25) is 5.02 Å². The lowest BCUT2D eigenvalue weighted by Gasteiger charge is -2.09. The first-order chi connectivity index (χ1) is 9.51. The highest BCUT2D eigenvalue weighted by molar-refractivity contribution is 6.31. The summed E-state index contributed by atoms with van der Waals surface area (Å²) in [6, 6.07) is 10.7. The molecule has 0 fully saturated rings. The summed E-state index contributed by atoms with van der Waals surface area (Å²) in [5.41, 5.74) is 2.06. The van der Waals surface area contributed by atoms with Gasteiger partial charge >= 0.3 is 0 Å².